The van der Waals surface area contributed by atoms with Gasteiger partial charge in [0.05, 0.1) is 19.0 Å². The van der Waals surface area contributed by atoms with Crippen molar-refractivity contribution < 1.29 is 24.2 Å². The number of likely N-dealkylation sites (tertiary alicyclic amines) is 2. The van der Waals surface area contributed by atoms with Crippen molar-refractivity contribution in [2.24, 2.45) is 11.3 Å². The van der Waals surface area contributed by atoms with Crippen molar-refractivity contribution in [3.05, 3.63) is 36.1 Å². The van der Waals surface area contributed by atoms with Gasteiger partial charge in [-0.2, -0.15) is 0 Å². The Morgan fingerprint density at radius 3 is 2.56 bits per heavy atom. The lowest BCUT2D eigenvalue weighted by Gasteiger charge is -2.41. The van der Waals surface area contributed by atoms with E-state index >= 15 is 0 Å². The second kappa shape index (κ2) is 6.98. The summed E-state index contributed by atoms with van der Waals surface area (Å²) in [6.45, 7) is 3.10. The summed E-state index contributed by atoms with van der Waals surface area (Å²) < 4.78 is 5.90. The Morgan fingerprint density at radius 2 is 1.89 bits per heavy atom. The predicted molar refractivity (Wildman–Crippen MR) is 98.4 cm³/mol. The van der Waals surface area contributed by atoms with Crippen molar-refractivity contribution >= 4 is 22.9 Å². The molecule has 27 heavy (non-hydrogen) atoms. The van der Waals surface area contributed by atoms with Crippen LogP contribution in [0.4, 0.5) is 0 Å². The Labute approximate surface area is 157 Å². The molecule has 1 aromatic heterocycles. The molecule has 7 heteroatoms. The number of carboxylic acid groups (broad SMARTS) is 2. The molecule has 2 aliphatic heterocycles. The Kier molecular flexibility index (Phi) is 4.65. The zero-order valence-corrected chi connectivity index (χ0v) is 15.1. The molecule has 1 aromatic carbocycles. The van der Waals surface area contributed by atoms with Crippen molar-refractivity contribution in [1.29, 1.82) is 0 Å². The number of benzene rings is 1. The van der Waals surface area contributed by atoms with Crippen LogP contribution in [0.5, 0.6) is 0 Å². The maximum atomic E-state index is 11.9. The molecular formula is C20H24N2O5. The highest BCUT2D eigenvalue weighted by atomic mass is 16.4. The monoisotopic (exact) mass is 372 g/mol. The third-order valence-electron chi connectivity index (χ3n) is 6.08. The van der Waals surface area contributed by atoms with Crippen molar-refractivity contribution in [2.75, 3.05) is 32.7 Å². The number of carboxylic acids is 2. The number of rotatable bonds is 5. The number of aliphatic carboxylic acids is 2. The number of piperidine rings is 1. The van der Waals surface area contributed by atoms with E-state index in [0.29, 0.717) is 45.6 Å². The smallest absolute Gasteiger partial charge is 0.317 e. The summed E-state index contributed by atoms with van der Waals surface area (Å²) >= 11 is 0. The third-order valence-corrected chi connectivity index (χ3v) is 6.08. The molecule has 3 heterocycles. The summed E-state index contributed by atoms with van der Waals surface area (Å²) in [5.74, 6) is -1.16. The van der Waals surface area contributed by atoms with Crippen LogP contribution in [0.2, 0.25) is 0 Å². The number of hydrogen-bond donors (Lipinski definition) is 2. The number of para-hydroxylation sites is 1. The molecule has 0 aliphatic carbocycles. The van der Waals surface area contributed by atoms with E-state index in [4.69, 9.17) is 9.52 Å². The highest BCUT2D eigenvalue weighted by Crippen LogP contribution is 2.45. The van der Waals surface area contributed by atoms with Gasteiger partial charge < -0.3 is 14.6 Å². The molecule has 4 rings (SSSR count). The molecule has 2 fully saturated rings. The van der Waals surface area contributed by atoms with Gasteiger partial charge >= 0.3 is 11.9 Å². The molecule has 7 nitrogen and oxygen atoms in total. The van der Waals surface area contributed by atoms with Crippen LogP contribution in [0.3, 0.4) is 0 Å². The molecule has 2 saturated heterocycles. The summed E-state index contributed by atoms with van der Waals surface area (Å²) in [7, 11) is 0. The number of nitrogens with zero attached hydrogens (tertiary/aromatic N) is 2. The Bertz CT molecular complexity index is 820. The standard InChI is InChI=1S/C20H24N2O5/c23-18(24)12-21-7-5-20(6-8-21)13-22(11-16(20)19(25)26)10-15-9-14-3-1-2-4-17(14)27-15/h1-4,9,16H,5-8,10-13H2,(H,23,24)(H,25,26). The number of hydrogen-bond acceptors (Lipinski definition) is 5. The maximum absolute atomic E-state index is 11.9. The quantitative estimate of drug-likeness (QED) is 0.830. The van der Waals surface area contributed by atoms with E-state index in [-0.39, 0.29) is 12.0 Å². The molecule has 2 aliphatic rings. The van der Waals surface area contributed by atoms with Crippen molar-refractivity contribution in [3.8, 4) is 0 Å². The van der Waals surface area contributed by atoms with E-state index < -0.39 is 17.9 Å². The first-order valence-corrected chi connectivity index (χ1v) is 9.32. The van der Waals surface area contributed by atoms with Gasteiger partial charge in [-0.25, -0.2) is 0 Å². The van der Waals surface area contributed by atoms with E-state index in [1.807, 2.05) is 35.2 Å². The molecule has 0 bridgehead atoms. The van der Waals surface area contributed by atoms with Crippen molar-refractivity contribution in [3.63, 3.8) is 0 Å². The Hall–Kier alpha value is -2.38. The summed E-state index contributed by atoms with van der Waals surface area (Å²) in [5.41, 5.74) is 0.561. The van der Waals surface area contributed by atoms with Crippen LogP contribution in [-0.2, 0) is 16.1 Å². The SMILES string of the molecule is O=C(O)CN1CCC2(CC1)CN(Cc1cc3ccccc3o1)CC2C(=O)O. The number of furan rings is 1. The van der Waals surface area contributed by atoms with Gasteiger partial charge in [-0.05, 0) is 38.1 Å². The largest absolute Gasteiger partial charge is 0.481 e. The molecule has 1 atom stereocenters. The van der Waals surface area contributed by atoms with E-state index in [1.165, 1.54) is 0 Å². The molecule has 0 saturated carbocycles. The average Bonchev–Trinajstić information content (AvgIpc) is 3.18. The van der Waals surface area contributed by atoms with Crippen LogP contribution in [-0.4, -0.2) is 64.7 Å². The van der Waals surface area contributed by atoms with Crippen LogP contribution >= 0.6 is 0 Å². The molecule has 0 amide bonds. The summed E-state index contributed by atoms with van der Waals surface area (Å²) in [5, 5.41) is 19.8. The van der Waals surface area contributed by atoms with Crippen molar-refractivity contribution in [2.45, 2.75) is 19.4 Å². The topological polar surface area (TPSA) is 94.2 Å². The predicted octanol–water partition coefficient (Wildman–Crippen LogP) is 2.12. The highest BCUT2D eigenvalue weighted by Gasteiger charge is 2.51. The van der Waals surface area contributed by atoms with E-state index in [9.17, 15) is 14.7 Å². The van der Waals surface area contributed by atoms with E-state index in [0.717, 1.165) is 16.7 Å². The van der Waals surface area contributed by atoms with Crippen molar-refractivity contribution in [1.82, 2.24) is 9.80 Å². The zero-order chi connectivity index (χ0) is 19.0. The van der Waals surface area contributed by atoms with Crippen LogP contribution in [0.25, 0.3) is 11.0 Å². The number of carbonyl (C=O) groups is 2. The molecule has 1 spiro atoms. The van der Waals surface area contributed by atoms with Gasteiger partial charge in [0.15, 0.2) is 0 Å². The van der Waals surface area contributed by atoms with E-state index in [1.54, 1.807) is 0 Å². The highest BCUT2D eigenvalue weighted by molar-refractivity contribution is 5.77. The first-order chi connectivity index (χ1) is 12.9. The van der Waals surface area contributed by atoms with Gasteiger partial charge in [0, 0.05) is 23.9 Å². The molecule has 0 radical (unpaired) electrons. The lowest BCUT2D eigenvalue weighted by atomic mass is 9.71. The molecule has 2 N–H and O–H groups in total. The first-order valence-electron chi connectivity index (χ1n) is 9.32. The minimum Gasteiger partial charge on any atom is -0.481 e. The van der Waals surface area contributed by atoms with Gasteiger partial charge in [0.2, 0.25) is 0 Å². The van der Waals surface area contributed by atoms with Gasteiger partial charge in [-0.1, -0.05) is 18.2 Å². The first kappa shape index (κ1) is 18.0. The fraction of sp³-hybridized carbons (Fsp3) is 0.500. The lowest BCUT2D eigenvalue weighted by molar-refractivity contribution is -0.147. The summed E-state index contributed by atoms with van der Waals surface area (Å²) in [6, 6.07) is 9.86. The van der Waals surface area contributed by atoms with Crippen LogP contribution in [0, 0.1) is 11.3 Å². The second-order valence-electron chi connectivity index (χ2n) is 7.84. The lowest BCUT2D eigenvalue weighted by Crippen LogP contribution is -2.47. The average molecular weight is 372 g/mol. The minimum atomic E-state index is -0.835. The van der Waals surface area contributed by atoms with Crippen LogP contribution in [0.1, 0.15) is 18.6 Å². The fourth-order valence-corrected chi connectivity index (χ4v) is 4.72. The second-order valence-corrected chi connectivity index (χ2v) is 7.84. The van der Waals surface area contributed by atoms with Gasteiger partial charge in [-0.15, -0.1) is 0 Å². The molecular weight excluding hydrogens is 348 g/mol. The number of fused-ring (bicyclic) bond motifs is 1. The third kappa shape index (κ3) is 3.57. The molecule has 2 aromatic rings. The Balaban J connectivity index is 1.47. The molecule has 144 valence electrons. The minimum absolute atomic E-state index is 0.0243. The maximum Gasteiger partial charge on any atom is 0.317 e. The van der Waals surface area contributed by atoms with Crippen LogP contribution < -0.4 is 0 Å². The molecule has 1 unspecified atom stereocenters. The van der Waals surface area contributed by atoms with Gasteiger partial charge in [0.25, 0.3) is 0 Å². The van der Waals surface area contributed by atoms with E-state index in [2.05, 4.69) is 4.90 Å². The normalized spacial score (nSPS) is 23.2. The summed E-state index contributed by atoms with van der Waals surface area (Å²) in [6.07, 6.45) is 1.43. The van der Waals surface area contributed by atoms with Gasteiger partial charge in [0.1, 0.15) is 11.3 Å². The van der Waals surface area contributed by atoms with Crippen LogP contribution in [0.15, 0.2) is 34.7 Å². The fourth-order valence-electron chi connectivity index (χ4n) is 4.72. The zero-order valence-electron chi connectivity index (χ0n) is 15.1. The summed E-state index contributed by atoms with van der Waals surface area (Å²) in [4.78, 5) is 26.9. The van der Waals surface area contributed by atoms with Gasteiger partial charge in [-0.3, -0.25) is 19.4 Å². The Morgan fingerprint density at radius 1 is 1.15 bits per heavy atom.